The van der Waals surface area contributed by atoms with Crippen LogP contribution in [0.2, 0.25) is 0 Å². The summed E-state index contributed by atoms with van der Waals surface area (Å²) in [7, 11) is 0. The number of rotatable bonds is 4. The van der Waals surface area contributed by atoms with Gasteiger partial charge < -0.3 is 5.32 Å². The van der Waals surface area contributed by atoms with Gasteiger partial charge in [-0.15, -0.1) is 0 Å². The Balaban J connectivity index is 2.21. The molecule has 6 nitrogen and oxygen atoms in total. The number of nitro groups is 1. The number of benzene rings is 1. The predicted molar refractivity (Wildman–Crippen MR) is 78.8 cm³/mol. The maximum Gasteiger partial charge on any atom is 0.272 e. The Bertz CT molecular complexity index is 735. The monoisotopic (exact) mass is 282 g/mol. The molecule has 0 spiro atoms. The highest BCUT2D eigenvalue weighted by molar-refractivity contribution is 5.48. The lowest BCUT2D eigenvalue weighted by Gasteiger charge is -2.09. The van der Waals surface area contributed by atoms with Crippen LogP contribution in [0.1, 0.15) is 22.4 Å². The number of pyridine rings is 1. The molecule has 0 amide bonds. The first-order valence-corrected chi connectivity index (χ1v) is 6.37. The summed E-state index contributed by atoms with van der Waals surface area (Å²) in [5.41, 5.74) is 2.83. The Kier molecular flexibility index (Phi) is 4.14. The summed E-state index contributed by atoms with van der Waals surface area (Å²) in [4.78, 5) is 14.8. The number of hydrogen-bond donors (Lipinski definition) is 1. The molecular formula is C15H14N4O2. The summed E-state index contributed by atoms with van der Waals surface area (Å²) >= 11 is 0. The van der Waals surface area contributed by atoms with Crippen LogP contribution in [-0.2, 0) is 6.54 Å². The zero-order valence-corrected chi connectivity index (χ0v) is 11.8. The molecule has 0 aliphatic heterocycles. The molecule has 106 valence electrons. The van der Waals surface area contributed by atoms with Crippen LogP contribution in [0.25, 0.3) is 0 Å². The highest BCUT2D eigenvalue weighted by atomic mass is 16.6. The Morgan fingerprint density at radius 1 is 1.38 bits per heavy atom. The average molecular weight is 282 g/mol. The average Bonchev–Trinajstić information content (AvgIpc) is 2.45. The van der Waals surface area contributed by atoms with Gasteiger partial charge in [0.15, 0.2) is 0 Å². The number of aromatic nitrogens is 1. The molecule has 0 saturated heterocycles. The molecular weight excluding hydrogens is 268 g/mol. The molecule has 21 heavy (non-hydrogen) atoms. The maximum atomic E-state index is 10.9. The number of aryl methyl sites for hydroxylation is 1. The quantitative estimate of drug-likeness (QED) is 0.687. The SMILES string of the molecule is Cc1cc(C#N)cc(NCc2cccc([N+](=O)[O-])c2C)n1. The van der Waals surface area contributed by atoms with Crippen molar-refractivity contribution in [1.82, 2.24) is 4.98 Å². The molecule has 1 N–H and O–H groups in total. The number of nitrogens with one attached hydrogen (secondary N) is 1. The van der Waals surface area contributed by atoms with Crippen molar-refractivity contribution in [2.45, 2.75) is 20.4 Å². The Labute approximate surface area is 122 Å². The van der Waals surface area contributed by atoms with Crippen molar-refractivity contribution in [1.29, 1.82) is 5.26 Å². The highest BCUT2D eigenvalue weighted by Gasteiger charge is 2.12. The van der Waals surface area contributed by atoms with Crippen molar-refractivity contribution >= 4 is 11.5 Å². The third kappa shape index (κ3) is 3.34. The number of anilines is 1. The molecule has 6 heteroatoms. The fraction of sp³-hybridized carbons (Fsp3) is 0.200. The first-order chi connectivity index (χ1) is 10.0. The molecule has 0 saturated carbocycles. The molecule has 0 radical (unpaired) electrons. The van der Waals surface area contributed by atoms with Crippen molar-refractivity contribution in [3.8, 4) is 6.07 Å². The summed E-state index contributed by atoms with van der Waals surface area (Å²) in [5, 5.41) is 22.9. The van der Waals surface area contributed by atoms with Crippen LogP contribution >= 0.6 is 0 Å². The summed E-state index contributed by atoms with van der Waals surface area (Å²) < 4.78 is 0. The number of nitro benzene ring substituents is 1. The zero-order chi connectivity index (χ0) is 15.4. The van der Waals surface area contributed by atoms with Crippen molar-refractivity contribution in [2.24, 2.45) is 0 Å². The Hall–Kier alpha value is -2.94. The van der Waals surface area contributed by atoms with Crippen molar-refractivity contribution in [3.05, 3.63) is 62.8 Å². The zero-order valence-electron chi connectivity index (χ0n) is 11.8. The molecule has 0 aliphatic carbocycles. The summed E-state index contributed by atoms with van der Waals surface area (Å²) in [6.07, 6.45) is 0. The van der Waals surface area contributed by atoms with E-state index in [4.69, 9.17) is 5.26 Å². The lowest BCUT2D eigenvalue weighted by molar-refractivity contribution is -0.385. The largest absolute Gasteiger partial charge is 0.366 e. The maximum absolute atomic E-state index is 10.9. The van der Waals surface area contributed by atoms with E-state index in [0.29, 0.717) is 23.5 Å². The molecule has 1 aromatic heterocycles. The minimum Gasteiger partial charge on any atom is -0.366 e. The van der Waals surface area contributed by atoms with E-state index in [1.165, 1.54) is 6.07 Å². The third-order valence-corrected chi connectivity index (χ3v) is 3.16. The second kappa shape index (κ2) is 6.01. The lowest BCUT2D eigenvalue weighted by atomic mass is 10.1. The van der Waals surface area contributed by atoms with Crippen molar-refractivity contribution in [2.75, 3.05) is 5.32 Å². The van der Waals surface area contributed by atoms with Crippen LogP contribution < -0.4 is 5.32 Å². The van der Waals surface area contributed by atoms with Crippen molar-refractivity contribution in [3.63, 3.8) is 0 Å². The summed E-state index contributed by atoms with van der Waals surface area (Å²) in [5.74, 6) is 0.581. The minimum absolute atomic E-state index is 0.101. The van der Waals surface area contributed by atoms with Crippen LogP contribution in [-0.4, -0.2) is 9.91 Å². The fourth-order valence-electron chi connectivity index (χ4n) is 2.07. The topological polar surface area (TPSA) is 91.8 Å². The minimum atomic E-state index is -0.391. The van der Waals surface area contributed by atoms with Gasteiger partial charge in [0.2, 0.25) is 0 Å². The van der Waals surface area contributed by atoms with Gasteiger partial charge in [0.05, 0.1) is 16.6 Å². The molecule has 2 aromatic rings. The lowest BCUT2D eigenvalue weighted by Crippen LogP contribution is -2.05. The van der Waals surface area contributed by atoms with Gasteiger partial charge in [-0.2, -0.15) is 5.26 Å². The van der Waals surface area contributed by atoms with Gasteiger partial charge in [-0.25, -0.2) is 4.98 Å². The summed E-state index contributed by atoms with van der Waals surface area (Å²) in [6, 6.07) is 10.4. The Morgan fingerprint density at radius 3 is 2.81 bits per heavy atom. The molecule has 0 bridgehead atoms. The molecule has 1 heterocycles. The second-order valence-electron chi connectivity index (χ2n) is 4.67. The van der Waals surface area contributed by atoms with Gasteiger partial charge in [0.1, 0.15) is 5.82 Å². The van der Waals surface area contributed by atoms with Gasteiger partial charge in [0.25, 0.3) is 5.69 Å². The van der Waals surface area contributed by atoms with Crippen LogP contribution in [0.4, 0.5) is 11.5 Å². The number of hydrogen-bond acceptors (Lipinski definition) is 5. The first-order valence-electron chi connectivity index (χ1n) is 6.37. The molecule has 0 fully saturated rings. The molecule has 0 aliphatic rings. The van der Waals surface area contributed by atoms with Gasteiger partial charge >= 0.3 is 0 Å². The van der Waals surface area contributed by atoms with E-state index in [9.17, 15) is 10.1 Å². The first kappa shape index (κ1) is 14.5. The predicted octanol–water partition coefficient (Wildman–Crippen LogP) is 3.09. The van der Waals surface area contributed by atoms with E-state index in [1.807, 2.05) is 13.0 Å². The summed E-state index contributed by atoms with van der Waals surface area (Å²) in [6.45, 7) is 3.94. The second-order valence-corrected chi connectivity index (χ2v) is 4.67. The molecule has 0 unspecified atom stereocenters. The van der Waals surface area contributed by atoms with Crippen LogP contribution in [0.15, 0.2) is 30.3 Å². The third-order valence-electron chi connectivity index (χ3n) is 3.16. The van der Waals surface area contributed by atoms with Crippen molar-refractivity contribution < 1.29 is 4.92 Å². The van der Waals surface area contributed by atoms with Gasteiger partial charge in [-0.3, -0.25) is 10.1 Å². The molecule has 2 rings (SSSR count). The van der Waals surface area contributed by atoms with Gasteiger partial charge in [-0.1, -0.05) is 12.1 Å². The molecule has 1 aromatic carbocycles. The number of nitrogens with zero attached hydrogens (tertiary/aromatic N) is 3. The van der Waals surface area contributed by atoms with E-state index < -0.39 is 4.92 Å². The van der Waals surface area contributed by atoms with Gasteiger partial charge in [0, 0.05) is 23.9 Å². The van der Waals surface area contributed by atoms with Gasteiger partial charge in [-0.05, 0) is 31.5 Å². The van der Waals surface area contributed by atoms with E-state index in [2.05, 4.69) is 16.4 Å². The smallest absolute Gasteiger partial charge is 0.272 e. The van der Waals surface area contributed by atoms with Crippen LogP contribution in [0, 0.1) is 35.3 Å². The number of nitriles is 1. The standard InChI is InChI=1S/C15H14N4O2/c1-10-6-12(8-16)7-15(18-10)17-9-13-4-3-5-14(11(13)2)19(20)21/h3-7H,9H2,1-2H3,(H,17,18). The highest BCUT2D eigenvalue weighted by Crippen LogP contribution is 2.22. The Morgan fingerprint density at radius 2 is 2.14 bits per heavy atom. The normalized spacial score (nSPS) is 9.95. The van der Waals surface area contributed by atoms with Crippen LogP contribution in [0.5, 0.6) is 0 Å². The fourth-order valence-corrected chi connectivity index (χ4v) is 2.07. The van der Waals surface area contributed by atoms with Crippen LogP contribution in [0.3, 0.4) is 0 Å². The van der Waals surface area contributed by atoms with E-state index in [-0.39, 0.29) is 5.69 Å². The van der Waals surface area contributed by atoms with E-state index in [0.717, 1.165) is 11.3 Å². The van der Waals surface area contributed by atoms with E-state index in [1.54, 1.807) is 25.1 Å². The van der Waals surface area contributed by atoms with E-state index >= 15 is 0 Å². The molecule has 0 atom stereocenters.